The number of carbonyl (C=O) groups is 1. The second kappa shape index (κ2) is 9.82. The molecule has 0 unspecified atom stereocenters. The van der Waals surface area contributed by atoms with Crippen LogP contribution in [0.3, 0.4) is 0 Å². The molecule has 2 aromatic heterocycles. The van der Waals surface area contributed by atoms with E-state index >= 15 is 0 Å². The largest absolute Gasteiger partial charge is 0.487 e. The minimum Gasteiger partial charge on any atom is -0.487 e. The van der Waals surface area contributed by atoms with Crippen LogP contribution in [-0.4, -0.2) is 51.5 Å². The molecule has 1 amide bonds. The van der Waals surface area contributed by atoms with E-state index in [9.17, 15) is 13.6 Å². The third-order valence-corrected chi connectivity index (χ3v) is 4.61. The zero-order chi connectivity index (χ0) is 22.4. The lowest BCUT2D eigenvalue weighted by Gasteiger charge is -2.14. The first-order valence-corrected chi connectivity index (χ1v) is 10.0. The highest BCUT2D eigenvalue weighted by Crippen LogP contribution is 2.23. The summed E-state index contributed by atoms with van der Waals surface area (Å²) in [5.41, 5.74) is 3.07. The average molecular weight is 432 g/mol. The fourth-order valence-electron chi connectivity index (χ4n) is 3.16. The molecular formula is C22H26F2N4O3. The topological polar surface area (TPSA) is 89.3 Å². The third kappa shape index (κ3) is 6.45. The molecule has 2 heterocycles. The highest BCUT2D eigenvalue weighted by molar-refractivity contribution is 5.86. The number of alkyl halides is 2. The number of nitrogens with zero attached hydrogens (tertiary/aromatic N) is 3. The van der Waals surface area contributed by atoms with Crippen molar-refractivity contribution in [2.75, 3.05) is 19.8 Å². The van der Waals surface area contributed by atoms with Gasteiger partial charge in [-0.05, 0) is 36.6 Å². The Balaban J connectivity index is 1.71. The van der Waals surface area contributed by atoms with Gasteiger partial charge in [0.15, 0.2) is 6.61 Å². The van der Waals surface area contributed by atoms with Crippen molar-refractivity contribution in [2.24, 2.45) is 0 Å². The van der Waals surface area contributed by atoms with Gasteiger partial charge in [-0.1, -0.05) is 12.1 Å². The van der Waals surface area contributed by atoms with E-state index in [0.29, 0.717) is 31.0 Å². The fraction of sp³-hybridized carbons (Fsp3) is 0.409. The second-order valence-corrected chi connectivity index (χ2v) is 7.58. The first-order chi connectivity index (χ1) is 14.7. The number of ether oxygens (including phenoxy) is 1. The van der Waals surface area contributed by atoms with Gasteiger partial charge in [-0.3, -0.25) is 14.5 Å². The number of aliphatic hydroxyl groups is 1. The van der Waals surface area contributed by atoms with E-state index in [1.54, 1.807) is 23.0 Å². The zero-order valence-electron chi connectivity index (χ0n) is 17.6. The molecule has 0 bridgehead atoms. The quantitative estimate of drug-likeness (QED) is 0.481. The van der Waals surface area contributed by atoms with Gasteiger partial charge in [-0.15, -0.1) is 0 Å². The van der Waals surface area contributed by atoms with Gasteiger partial charge in [-0.25, -0.2) is 8.78 Å². The number of nitrogens with one attached hydrogen (secondary N) is 1. The Hall–Kier alpha value is -3.07. The Labute approximate surface area is 179 Å². The molecule has 3 aromatic rings. The number of rotatable bonds is 10. The van der Waals surface area contributed by atoms with Gasteiger partial charge in [-0.2, -0.15) is 5.10 Å². The number of hydrogen-bond acceptors (Lipinski definition) is 5. The van der Waals surface area contributed by atoms with E-state index in [1.165, 1.54) is 0 Å². The summed E-state index contributed by atoms with van der Waals surface area (Å²) in [5.74, 6) is -2.62. The van der Waals surface area contributed by atoms with Crippen molar-refractivity contribution in [3.8, 4) is 5.75 Å². The maximum Gasteiger partial charge on any atom is 0.278 e. The van der Waals surface area contributed by atoms with Crippen LogP contribution in [0.25, 0.3) is 10.9 Å². The Bertz CT molecular complexity index is 1050. The summed E-state index contributed by atoms with van der Waals surface area (Å²) < 4.78 is 33.0. The summed E-state index contributed by atoms with van der Waals surface area (Å²) >= 11 is 0. The van der Waals surface area contributed by atoms with Gasteiger partial charge in [0.05, 0.1) is 24.2 Å². The number of halogens is 2. The number of aliphatic hydroxyl groups excluding tert-OH is 1. The monoisotopic (exact) mass is 432 g/mol. The molecule has 166 valence electrons. The fourth-order valence-corrected chi connectivity index (χ4v) is 3.16. The van der Waals surface area contributed by atoms with Crippen molar-refractivity contribution in [1.82, 2.24) is 20.1 Å². The molecule has 31 heavy (non-hydrogen) atoms. The van der Waals surface area contributed by atoms with E-state index in [2.05, 4.69) is 15.4 Å². The van der Waals surface area contributed by atoms with Crippen LogP contribution in [0.2, 0.25) is 0 Å². The van der Waals surface area contributed by atoms with Gasteiger partial charge in [0, 0.05) is 37.9 Å². The van der Waals surface area contributed by atoms with Crippen LogP contribution >= 0.6 is 0 Å². The van der Waals surface area contributed by atoms with Gasteiger partial charge in [0.25, 0.3) is 5.92 Å². The van der Waals surface area contributed by atoms with Crippen LogP contribution in [0.5, 0.6) is 5.75 Å². The second-order valence-electron chi connectivity index (χ2n) is 7.58. The van der Waals surface area contributed by atoms with Crippen LogP contribution in [0.4, 0.5) is 8.78 Å². The van der Waals surface area contributed by atoms with Crippen molar-refractivity contribution >= 4 is 16.8 Å². The van der Waals surface area contributed by atoms with Crippen LogP contribution < -0.4 is 10.1 Å². The van der Waals surface area contributed by atoms with E-state index in [4.69, 9.17) is 9.84 Å². The first-order valence-electron chi connectivity index (χ1n) is 10.0. The number of aryl methyl sites for hydroxylation is 1. The van der Waals surface area contributed by atoms with Gasteiger partial charge >= 0.3 is 0 Å². The molecule has 0 saturated carbocycles. The van der Waals surface area contributed by atoms with Crippen molar-refractivity contribution in [3.05, 3.63) is 53.5 Å². The standard InChI is InChI=1S/C22H26F2N4O3/c1-15-10-16(4-5-20(15)31-14-22(2,23)24)12-28-13-17-18(27-28)6-8-25-19(17)11-21(30)26-7-3-9-29/h4-6,8,10,13,29H,3,7,9,11-12,14H2,1-2H3,(H,26,30). The van der Waals surface area contributed by atoms with Crippen molar-refractivity contribution in [3.63, 3.8) is 0 Å². The molecule has 9 heteroatoms. The number of aromatic nitrogens is 3. The Morgan fingerprint density at radius 1 is 1.32 bits per heavy atom. The summed E-state index contributed by atoms with van der Waals surface area (Å²) in [7, 11) is 0. The Kier molecular flexibility index (Phi) is 7.17. The molecule has 3 rings (SSSR count). The smallest absolute Gasteiger partial charge is 0.278 e. The van der Waals surface area contributed by atoms with Crippen LogP contribution in [0, 0.1) is 6.92 Å². The zero-order valence-corrected chi connectivity index (χ0v) is 17.6. The number of fused-ring (bicyclic) bond motifs is 1. The molecule has 7 nitrogen and oxygen atoms in total. The molecule has 0 atom stereocenters. The number of hydrogen-bond donors (Lipinski definition) is 2. The summed E-state index contributed by atoms with van der Waals surface area (Å²) in [5, 5.41) is 16.9. The van der Waals surface area contributed by atoms with Crippen LogP contribution in [0.1, 0.15) is 30.2 Å². The van der Waals surface area contributed by atoms with Crippen molar-refractivity contribution in [1.29, 1.82) is 0 Å². The van der Waals surface area contributed by atoms with Gasteiger partial charge < -0.3 is 15.2 Å². The minimum absolute atomic E-state index is 0.0263. The predicted molar refractivity (Wildman–Crippen MR) is 112 cm³/mol. The van der Waals surface area contributed by atoms with Crippen LogP contribution in [-0.2, 0) is 17.8 Å². The number of carbonyl (C=O) groups excluding carboxylic acids is 1. The predicted octanol–water partition coefficient (Wildman–Crippen LogP) is 2.86. The average Bonchev–Trinajstić information content (AvgIpc) is 3.10. The normalized spacial score (nSPS) is 11.6. The SMILES string of the molecule is Cc1cc(Cn2cc3c(CC(=O)NCCCO)nccc3n2)ccc1OCC(C)(F)F. The van der Waals surface area contributed by atoms with Crippen molar-refractivity contribution in [2.45, 2.75) is 39.2 Å². The molecule has 0 aliphatic carbocycles. The molecular weight excluding hydrogens is 406 g/mol. The van der Waals surface area contributed by atoms with Crippen LogP contribution in [0.15, 0.2) is 36.7 Å². The lowest BCUT2D eigenvalue weighted by atomic mass is 10.1. The number of amides is 1. The molecule has 0 aliphatic rings. The molecule has 1 aromatic carbocycles. The molecule has 0 aliphatic heterocycles. The summed E-state index contributed by atoms with van der Waals surface area (Å²) in [6, 6.07) is 7.16. The highest BCUT2D eigenvalue weighted by Gasteiger charge is 2.22. The van der Waals surface area contributed by atoms with E-state index in [0.717, 1.165) is 29.0 Å². The maximum atomic E-state index is 13.0. The third-order valence-electron chi connectivity index (χ3n) is 4.61. The minimum atomic E-state index is -2.89. The lowest BCUT2D eigenvalue weighted by molar-refractivity contribution is -0.120. The molecule has 2 N–H and O–H groups in total. The first kappa shape index (κ1) is 22.6. The Morgan fingerprint density at radius 3 is 2.84 bits per heavy atom. The maximum absolute atomic E-state index is 13.0. The van der Waals surface area contributed by atoms with E-state index in [-0.39, 0.29) is 18.9 Å². The Morgan fingerprint density at radius 2 is 2.13 bits per heavy atom. The van der Waals surface area contributed by atoms with Gasteiger partial charge in [0.2, 0.25) is 5.91 Å². The highest BCUT2D eigenvalue weighted by atomic mass is 19.3. The van der Waals surface area contributed by atoms with E-state index in [1.807, 2.05) is 25.3 Å². The summed E-state index contributed by atoms with van der Waals surface area (Å²) in [6.45, 7) is 2.88. The molecule has 0 spiro atoms. The van der Waals surface area contributed by atoms with Crippen molar-refractivity contribution < 1.29 is 23.4 Å². The molecule has 0 fully saturated rings. The number of benzene rings is 1. The molecule has 0 radical (unpaired) electrons. The number of pyridine rings is 1. The summed E-state index contributed by atoms with van der Waals surface area (Å²) in [4.78, 5) is 16.4. The lowest BCUT2D eigenvalue weighted by Crippen LogP contribution is -2.26. The molecule has 0 saturated heterocycles. The summed E-state index contributed by atoms with van der Waals surface area (Å²) in [6.07, 6.45) is 4.10. The van der Waals surface area contributed by atoms with E-state index < -0.39 is 12.5 Å². The van der Waals surface area contributed by atoms with Gasteiger partial charge in [0.1, 0.15) is 5.75 Å².